The molecule has 0 saturated carbocycles. The lowest BCUT2D eigenvalue weighted by atomic mass is 10.2. The fourth-order valence-electron chi connectivity index (χ4n) is 2.33. The summed E-state index contributed by atoms with van der Waals surface area (Å²) in [6.45, 7) is 1.68. The largest absolute Gasteiger partial charge is 0.493 e. The standard InChI is InChI=1S/C17H12Cl2N4O2/c1-10-14(22-21-13-9-11(18)5-6-12(13)19)16(24)20-17(25)15(10)23-7-3-2-4-8-23/h2-9H,1H3,(H-,20,21,24,25)/p+1. The van der Waals surface area contributed by atoms with E-state index in [1.54, 1.807) is 54.2 Å². The molecule has 3 rings (SSSR count). The summed E-state index contributed by atoms with van der Waals surface area (Å²) in [6.07, 6.45) is 3.45. The van der Waals surface area contributed by atoms with Gasteiger partial charge < -0.3 is 5.11 Å². The number of pyridine rings is 2. The summed E-state index contributed by atoms with van der Waals surface area (Å²) in [6, 6.07) is 10.2. The van der Waals surface area contributed by atoms with E-state index in [1.807, 2.05) is 6.07 Å². The predicted octanol–water partition coefficient (Wildman–Crippen LogP) is 4.39. The number of aromatic hydroxyl groups is 1. The molecule has 0 fully saturated rings. The number of hydrogen-bond acceptors (Lipinski definition) is 4. The maximum Gasteiger partial charge on any atom is 0.323 e. The Hall–Kier alpha value is -2.70. The predicted molar refractivity (Wildman–Crippen MR) is 95.6 cm³/mol. The molecule has 0 radical (unpaired) electrons. The van der Waals surface area contributed by atoms with Crippen LogP contribution in [0.3, 0.4) is 0 Å². The highest BCUT2D eigenvalue weighted by molar-refractivity contribution is 6.35. The highest BCUT2D eigenvalue weighted by Gasteiger charge is 2.21. The minimum atomic E-state index is -0.439. The molecular weight excluding hydrogens is 363 g/mol. The molecule has 0 aliphatic rings. The Morgan fingerprint density at radius 2 is 1.84 bits per heavy atom. The van der Waals surface area contributed by atoms with Crippen LogP contribution in [0.25, 0.3) is 5.69 Å². The van der Waals surface area contributed by atoms with Crippen molar-refractivity contribution < 1.29 is 9.67 Å². The van der Waals surface area contributed by atoms with E-state index >= 15 is 0 Å². The van der Waals surface area contributed by atoms with E-state index in [0.717, 1.165) is 0 Å². The van der Waals surface area contributed by atoms with Gasteiger partial charge in [-0.1, -0.05) is 29.3 Å². The highest BCUT2D eigenvalue weighted by Crippen LogP contribution is 2.33. The van der Waals surface area contributed by atoms with Crippen LogP contribution in [0.4, 0.5) is 11.4 Å². The number of hydrogen-bond donors (Lipinski definition) is 2. The van der Waals surface area contributed by atoms with Crippen LogP contribution in [0.5, 0.6) is 5.88 Å². The van der Waals surface area contributed by atoms with Crippen molar-refractivity contribution in [1.29, 1.82) is 0 Å². The van der Waals surface area contributed by atoms with Crippen molar-refractivity contribution in [3.8, 4) is 11.6 Å². The molecule has 0 unspecified atom stereocenters. The van der Waals surface area contributed by atoms with E-state index in [0.29, 0.717) is 27.0 Å². The van der Waals surface area contributed by atoms with Gasteiger partial charge in [0.15, 0.2) is 18.1 Å². The highest BCUT2D eigenvalue weighted by atomic mass is 35.5. The summed E-state index contributed by atoms with van der Waals surface area (Å²) in [4.78, 5) is 14.6. The first-order chi connectivity index (χ1) is 12.0. The zero-order valence-corrected chi connectivity index (χ0v) is 14.6. The Bertz CT molecular complexity index is 1020. The Balaban J connectivity index is 2.13. The van der Waals surface area contributed by atoms with Crippen molar-refractivity contribution in [2.45, 2.75) is 6.92 Å². The molecule has 126 valence electrons. The average Bonchev–Trinajstić information content (AvgIpc) is 2.58. The third kappa shape index (κ3) is 3.55. The van der Waals surface area contributed by atoms with Crippen molar-refractivity contribution in [3.63, 3.8) is 0 Å². The normalized spacial score (nSPS) is 11.2. The molecule has 0 bridgehead atoms. The molecule has 0 aliphatic heterocycles. The van der Waals surface area contributed by atoms with Crippen LogP contribution in [-0.4, -0.2) is 10.1 Å². The van der Waals surface area contributed by atoms with Gasteiger partial charge in [0.25, 0.3) is 5.69 Å². The van der Waals surface area contributed by atoms with Gasteiger partial charge in [-0.2, -0.15) is 4.57 Å². The van der Waals surface area contributed by atoms with Gasteiger partial charge in [-0.15, -0.1) is 10.2 Å². The van der Waals surface area contributed by atoms with Crippen molar-refractivity contribution in [2.24, 2.45) is 10.2 Å². The molecule has 2 aromatic heterocycles. The van der Waals surface area contributed by atoms with Crippen molar-refractivity contribution >= 4 is 34.6 Å². The molecular formula is C17H13Cl2N4O2+. The SMILES string of the molecule is Cc1c(N=Nc2cc(Cl)ccc2Cl)c(O)[nH]c(=O)c1-[n+]1ccccc1. The quantitative estimate of drug-likeness (QED) is 0.525. The van der Waals surface area contributed by atoms with Crippen LogP contribution in [0.2, 0.25) is 10.0 Å². The van der Waals surface area contributed by atoms with Crippen molar-refractivity contribution in [3.05, 3.63) is 74.8 Å². The van der Waals surface area contributed by atoms with Gasteiger partial charge in [0.05, 0.1) is 10.6 Å². The molecule has 6 nitrogen and oxygen atoms in total. The van der Waals surface area contributed by atoms with Crippen LogP contribution >= 0.6 is 23.2 Å². The molecule has 2 heterocycles. The molecule has 25 heavy (non-hydrogen) atoms. The number of nitrogens with one attached hydrogen (secondary N) is 1. The van der Waals surface area contributed by atoms with Crippen molar-refractivity contribution in [1.82, 2.24) is 4.98 Å². The fraction of sp³-hybridized carbons (Fsp3) is 0.0588. The van der Waals surface area contributed by atoms with Crippen LogP contribution in [0.1, 0.15) is 5.56 Å². The number of azo groups is 1. The first kappa shape index (κ1) is 17.1. The topological polar surface area (TPSA) is 81.7 Å². The Labute approximate surface area is 153 Å². The van der Waals surface area contributed by atoms with E-state index in [4.69, 9.17) is 23.2 Å². The minimum absolute atomic E-state index is 0.141. The second-order valence-electron chi connectivity index (χ2n) is 5.20. The summed E-state index contributed by atoms with van der Waals surface area (Å²) in [7, 11) is 0. The maximum atomic E-state index is 12.2. The zero-order chi connectivity index (χ0) is 18.0. The van der Waals surface area contributed by atoms with Gasteiger partial charge in [-0.3, -0.25) is 9.78 Å². The number of rotatable bonds is 3. The minimum Gasteiger partial charge on any atom is -0.493 e. The van der Waals surface area contributed by atoms with Gasteiger partial charge in [-0.05, 0) is 25.1 Å². The van der Waals surface area contributed by atoms with Crippen LogP contribution in [-0.2, 0) is 0 Å². The van der Waals surface area contributed by atoms with Crippen LogP contribution in [0, 0.1) is 6.92 Å². The van der Waals surface area contributed by atoms with Gasteiger partial charge in [0.2, 0.25) is 5.88 Å². The third-order valence-corrected chi connectivity index (χ3v) is 4.08. The van der Waals surface area contributed by atoms with Gasteiger partial charge in [0, 0.05) is 17.2 Å². The number of H-pyrrole nitrogens is 1. The molecule has 0 saturated heterocycles. The van der Waals surface area contributed by atoms with E-state index in [2.05, 4.69) is 15.2 Å². The molecule has 0 spiro atoms. The first-order valence-corrected chi connectivity index (χ1v) is 8.02. The molecule has 3 aromatic rings. The Morgan fingerprint density at radius 3 is 2.56 bits per heavy atom. The first-order valence-electron chi connectivity index (χ1n) is 7.26. The zero-order valence-electron chi connectivity index (χ0n) is 13.1. The summed E-state index contributed by atoms with van der Waals surface area (Å²) in [5.41, 5.74) is 0.866. The summed E-state index contributed by atoms with van der Waals surface area (Å²) < 4.78 is 1.64. The van der Waals surface area contributed by atoms with Crippen LogP contribution < -0.4 is 10.1 Å². The molecule has 0 amide bonds. The Morgan fingerprint density at radius 1 is 1.12 bits per heavy atom. The average molecular weight is 376 g/mol. The fourth-order valence-corrected chi connectivity index (χ4v) is 2.66. The lowest BCUT2D eigenvalue weighted by Gasteiger charge is -2.05. The van der Waals surface area contributed by atoms with E-state index in [1.165, 1.54) is 0 Å². The van der Waals surface area contributed by atoms with E-state index < -0.39 is 5.56 Å². The summed E-state index contributed by atoms with van der Waals surface area (Å²) >= 11 is 12.0. The number of halogens is 2. The second-order valence-corrected chi connectivity index (χ2v) is 6.05. The number of aromatic nitrogens is 2. The number of benzene rings is 1. The van der Waals surface area contributed by atoms with E-state index in [9.17, 15) is 9.90 Å². The van der Waals surface area contributed by atoms with E-state index in [-0.39, 0.29) is 11.6 Å². The van der Waals surface area contributed by atoms with Crippen LogP contribution in [0.15, 0.2) is 63.8 Å². The molecule has 8 heteroatoms. The third-order valence-electron chi connectivity index (χ3n) is 3.52. The van der Waals surface area contributed by atoms with Gasteiger partial charge in [0.1, 0.15) is 5.69 Å². The molecule has 2 N–H and O–H groups in total. The molecule has 0 atom stereocenters. The van der Waals surface area contributed by atoms with Gasteiger partial charge in [-0.25, -0.2) is 0 Å². The summed E-state index contributed by atoms with van der Waals surface area (Å²) in [5.74, 6) is -0.371. The second kappa shape index (κ2) is 7.04. The monoisotopic (exact) mass is 375 g/mol. The maximum absolute atomic E-state index is 12.2. The lowest BCUT2D eigenvalue weighted by Crippen LogP contribution is -2.37. The van der Waals surface area contributed by atoms with Gasteiger partial charge >= 0.3 is 5.56 Å². The summed E-state index contributed by atoms with van der Waals surface area (Å²) in [5, 5.41) is 19.0. The Kier molecular flexibility index (Phi) is 4.83. The lowest BCUT2D eigenvalue weighted by molar-refractivity contribution is -0.597. The molecule has 1 aromatic carbocycles. The smallest absolute Gasteiger partial charge is 0.323 e. The number of aromatic amines is 1. The molecule has 0 aliphatic carbocycles. The number of nitrogens with zero attached hydrogens (tertiary/aromatic N) is 3. The van der Waals surface area contributed by atoms with Crippen molar-refractivity contribution in [2.75, 3.05) is 0 Å².